The SMILES string of the molecule is CCOC(=O)C(N)/C=N\O. The molecule has 0 aromatic rings. The Balaban J connectivity index is 3.70. The Labute approximate surface area is 58.5 Å². The molecule has 5 nitrogen and oxygen atoms in total. The van der Waals surface area contributed by atoms with E-state index in [0.29, 0.717) is 0 Å². The Kier molecular flexibility index (Phi) is 4.23. The summed E-state index contributed by atoms with van der Waals surface area (Å²) in [6, 6.07) is -0.968. The topological polar surface area (TPSA) is 84.9 Å². The smallest absolute Gasteiger partial charge is 0.328 e. The van der Waals surface area contributed by atoms with E-state index in [9.17, 15) is 4.79 Å². The van der Waals surface area contributed by atoms with Crippen molar-refractivity contribution in [1.82, 2.24) is 0 Å². The first kappa shape index (κ1) is 8.90. The number of carbonyl (C=O) groups is 1. The zero-order valence-corrected chi connectivity index (χ0v) is 5.65. The van der Waals surface area contributed by atoms with E-state index in [0.717, 1.165) is 6.21 Å². The van der Waals surface area contributed by atoms with Crippen molar-refractivity contribution in [3.63, 3.8) is 0 Å². The molecule has 0 fully saturated rings. The van der Waals surface area contributed by atoms with E-state index < -0.39 is 12.0 Å². The molecule has 0 bridgehead atoms. The first-order valence-corrected chi connectivity index (χ1v) is 2.82. The number of nitrogens with two attached hydrogens (primary N) is 1. The Bertz CT molecular complexity index is 135. The van der Waals surface area contributed by atoms with Gasteiger partial charge in [-0.25, -0.2) is 4.79 Å². The third kappa shape index (κ3) is 3.03. The predicted octanol–water partition coefficient (Wildman–Crippen LogP) is -0.663. The third-order valence-corrected chi connectivity index (χ3v) is 0.786. The van der Waals surface area contributed by atoms with Gasteiger partial charge in [0.1, 0.15) is 6.04 Å². The summed E-state index contributed by atoms with van der Waals surface area (Å²) in [6.45, 7) is 1.94. The van der Waals surface area contributed by atoms with Crippen LogP contribution in [0.25, 0.3) is 0 Å². The lowest BCUT2D eigenvalue weighted by molar-refractivity contribution is -0.142. The van der Waals surface area contributed by atoms with Crippen LogP contribution in [-0.2, 0) is 9.53 Å². The maximum atomic E-state index is 10.6. The molecule has 5 heteroatoms. The zero-order valence-electron chi connectivity index (χ0n) is 5.65. The minimum absolute atomic E-state index is 0.270. The lowest BCUT2D eigenvalue weighted by Gasteiger charge is -2.02. The molecule has 58 valence electrons. The summed E-state index contributed by atoms with van der Waals surface area (Å²) < 4.78 is 4.49. The molecule has 0 aliphatic carbocycles. The molecule has 0 heterocycles. The second-order valence-electron chi connectivity index (χ2n) is 1.54. The average molecular weight is 146 g/mol. The number of hydrogen-bond acceptors (Lipinski definition) is 5. The molecule has 0 amide bonds. The number of esters is 1. The van der Waals surface area contributed by atoms with Crippen molar-refractivity contribution in [2.75, 3.05) is 6.61 Å². The maximum Gasteiger partial charge on any atom is 0.328 e. The van der Waals surface area contributed by atoms with Gasteiger partial charge in [-0.3, -0.25) is 0 Å². The second-order valence-corrected chi connectivity index (χ2v) is 1.54. The summed E-state index contributed by atoms with van der Waals surface area (Å²) in [5, 5.41) is 10.5. The van der Waals surface area contributed by atoms with E-state index in [1.54, 1.807) is 6.92 Å². The van der Waals surface area contributed by atoms with E-state index in [2.05, 4.69) is 9.89 Å². The van der Waals surface area contributed by atoms with Crippen LogP contribution in [0.5, 0.6) is 0 Å². The van der Waals surface area contributed by atoms with Gasteiger partial charge in [-0.15, -0.1) is 0 Å². The largest absolute Gasteiger partial charge is 0.465 e. The van der Waals surface area contributed by atoms with E-state index in [1.807, 2.05) is 0 Å². The number of carbonyl (C=O) groups excluding carboxylic acids is 1. The summed E-state index contributed by atoms with van der Waals surface area (Å²) in [5.74, 6) is -0.597. The molecule has 1 atom stereocenters. The minimum atomic E-state index is -0.968. The maximum absolute atomic E-state index is 10.6. The number of ether oxygens (including phenoxy) is 1. The van der Waals surface area contributed by atoms with Crippen LogP contribution in [-0.4, -0.2) is 30.0 Å². The van der Waals surface area contributed by atoms with Crippen molar-refractivity contribution in [2.24, 2.45) is 10.9 Å². The van der Waals surface area contributed by atoms with Crippen LogP contribution in [0.3, 0.4) is 0 Å². The highest BCUT2D eigenvalue weighted by Gasteiger charge is 2.10. The van der Waals surface area contributed by atoms with Gasteiger partial charge in [-0.05, 0) is 6.92 Å². The predicted molar refractivity (Wildman–Crippen MR) is 34.9 cm³/mol. The molecule has 0 saturated carbocycles. The van der Waals surface area contributed by atoms with Gasteiger partial charge in [-0.1, -0.05) is 5.16 Å². The Morgan fingerprint density at radius 3 is 3.00 bits per heavy atom. The fourth-order valence-corrected chi connectivity index (χ4v) is 0.371. The molecule has 0 aromatic heterocycles. The number of rotatable bonds is 3. The first-order valence-electron chi connectivity index (χ1n) is 2.82. The van der Waals surface area contributed by atoms with Crippen LogP contribution in [0.4, 0.5) is 0 Å². The van der Waals surface area contributed by atoms with Crippen LogP contribution < -0.4 is 5.73 Å². The molecule has 0 spiro atoms. The molecule has 0 rings (SSSR count). The molecule has 0 aromatic carbocycles. The van der Waals surface area contributed by atoms with Gasteiger partial charge in [-0.2, -0.15) is 0 Å². The van der Waals surface area contributed by atoms with Gasteiger partial charge >= 0.3 is 5.97 Å². The Morgan fingerprint density at radius 2 is 2.60 bits per heavy atom. The number of nitrogens with zero attached hydrogens (tertiary/aromatic N) is 1. The summed E-state index contributed by atoms with van der Waals surface area (Å²) in [6.07, 6.45) is 0.901. The highest BCUT2D eigenvalue weighted by atomic mass is 16.5. The van der Waals surface area contributed by atoms with Crippen LogP contribution >= 0.6 is 0 Å². The second kappa shape index (κ2) is 4.75. The first-order chi connectivity index (χ1) is 4.72. The Morgan fingerprint density at radius 1 is 2.00 bits per heavy atom. The molecular formula is C5H10N2O3. The van der Waals surface area contributed by atoms with Gasteiger partial charge in [0.05, 0.1) is 12.8 Å². The molecule has 10 heavy (non-hydrogen) atoms. The van der Waals surface area contributed by atoms with Gasteiger partial charge < -0.3 is 15.7 Å². The van der Waals surface area contributed by atoms with Gasteiger partial charge in [0.2, 0.25) is 0 Å². The number of oxime groups is 1. The molecule has 0 radical (unpaired) electrons. The summed E-state index contributed by atoms with van der Waals surface area (Å²) in [4.78, 5) is 10.6. The van der Waals surface area contributed by atoms with Crippen LogP contribution in [0.1, 0.15) is 6.92 Å². The Hall–Kier alpha value is -1.10. The van der Waals surface area contributed by atoms with Crippen molar-refractivity contribution in [2.45, 2.75) is 13.0 Å². The highest BCUT2D eigenvalue weighted by molar-refractivity contribution is 5.93. The summed E-state index contributed by atoms with van der Waals surface area (Å²) >= 11 is 0. The van der Waals surface area contributed by atoms with Crippen molar-refractivity contribution >= 4 is 12.2 Å². The van der Waals surface area contributed by atoms with Gasteiger partial charge in [0, 0.05) is 0 Å². The summed E-state index contributed by atoms with van der Waals surface area (Å²) in [7, 11) is 0. The van der Waals surface area contributed by atoms with Crippen molar-refractivity contribution < 1.29 is 14.7 Å². The van der Waals surface area contributed by atoms with Crippen molar-refractivity contribution in [1.29, 1.82) is 0 Å². The van der Waals surface area contributed by atoms with Crippen LogP contribution in [0.15, 0.2) is 5.16 Å². The van der Waals surface area contributed by atoms with Crippen molar-refractivity contribution in [3.05, 3.63) is 0 Å². The molecule has 1 unspecified atom stereocenters. The number of hydrogen-bond donors (Lipinski definition) is 2. The minimum Gasteiger partial charge on any atom is -0.465 e. The van der Waals surface area contributed by atoms with E-state index in [-0.39, 0.29) is 6.61 Å². The lowest BCUT2D eigenvalue weighted by atomic mass is 10.3. The summed E-state index contributed by atoms with van der Waals surface area (Å²) in [5.41, 5.74) is 5.13. The zero-order chi connectivity index (χ0) is 7.98. The molecule has 3 N–H and O–H groups in total. The van der Waals surface area contributed by atoms with E-state index >= 15 is 0 Å². The normalized spacial score (nSPS) is 13.4. The van der Waals surface area contributed by atoms with Crippen LogP contribution in [0, 0.1) is 0 Å². The quantitative estimate of drug-likeness (QED) is 0.239. The van der Waals surface area contributed by atoms with E-state index in [1.165, 1.54) is 0 Å². The lowest BCUT2D eigenvalue weighted by Crippen LogP contribution is -2.33. The van der Waals surface area contributed by atoms with Gasteiger partial charge in [0.25, 0.3) is 0 Å². The molecular weight excluding hydrogens is 136 g/mol. The van der Waals surface area contributed by atoms with Crippen LogP contribution in [0.2, 0.25) is 0 Å². The standard InChI is InChI=1S/C5H10N2O3/c1-2-10-5(8)4(6)3-7-9/h3-4,9H,2,6H2,1H3/b7-3-. The highest BCUT2D eigenvalue weighted by Crippen LogP contribution is 1.81. The average Bonchev–Trinajstić information content (AvgIpc) is 1.89. The monoisotopic (exact) mass is 146 g/mol. The van der Waals surface area contributed by atoms with Crippen molar-refractivity contribution in [3.8, 4) is 0 Å². The fraction of sp³-hybridized carbons (Fsp3) is 0.600. The van der Waals surface area contributed by atoms with Gasteiger partial charge in [0.15, 0.2) is 0 Å². The molecule has 0 aliphatic rings. The third-order valence-electron chi connectivity index (χ3n) is 0.786. The fourth-order valence-electron chi connectivity index (χ4n) is 0.371. The molecule has 0 aliphatic heterocycles. The molecule has 0 saturated heterocycles. The van der Waals surface area contributed by atoms with E-state index in [4.69, 9.17) is 10.9 Å².